The van der Waals surface area contributed by atoms with Crippen molar-refractivity contribution in [2.75, 3.05) is 23.4 Å². The quantitative estimate of drug-likeness (QED) is 0.416. The molecule has 0 bridgehead atoms. The van der Waals surface area contributed by atoms with Crippen LogP contribution in [0.5, 0.6) is 0 Å². The van der Waals surface area contributed by atoms with Gasteiger partial charge in [0.05, 0.1) is 18.2 Å². The van der Waals surface area contributed by atoms with Crippen LogP contribution in [0, 0.1) is 0 Å². The van der Waals surface area contributed by atoms with Crippen molar-refractivity contribution in [2.24, 2.45) is 5.10 Å². The molecule has 2 aromatic rings. The van der Waals surface area contributed by atoms with E-state index in [1.807, 2.05) is 49.6 Å². The van der Waals surface area contributed by atoms with Crippen molar-refractivity contribution in [1.82, 2.24) is 5.43 Å². The van der Waals surface area contributed by atoms with E-state index in [9.17, 15) is 13.2 Å². The molecule has 6 nitrogen and oxygen atoms in total. The molecule has 1 N–H and O–H groups in total. The van der Waals surface area contributed by atoms with Gasteiger partial charge in [0.15, 0.2) is 0 Å². The molecule has 27 heavy (non-hydrogen) atoms. The lowest BCUT2D eigenvalue weighted by molar-refractivity contribution is -0.119. The molecule has 0 saturated heterocycles. The fourth-order valence-corrected chi connectivity index (χ4v) is 3.76. The van der Waals surface area contributed by atoms with Crippen LogP contribution in [0.3, 0.4) is 0 Å². The Balaban J connectivity index is 2.09. The van der Waals surface area contributed by atoms with E-state index >= 15 is 0 Å². The Labute approximate surface area is 164 Å². The monoisotopic (exact) mass is 405 g/mol. The summed E-state index contributed by atoms with van der Waals surface area (Å²) in [5.74, 6) is -0.511. The maximum atomic E-state index is 12.2. The van der Waals surface area contributed by atoms with Gasteiger partial charge in [-0.05, 0) is 42.0 Å². The van der Waals surface area contributed by atoms with Crippen molar-refractivity contribution in [2.45, 2.75) is 18.2 Å². The zero-order valence-electron chi connectivity index (χ0n) is 15.5. The van der Waals surface area contributed by atoms with Crippen LogP contribution in [-0.4, -0.2) is 39.6 Å². The summed E-state index contributed by atoms with van der Waals surface area (Å²) < 4.78 is 25.5. The van der Waals surface area contributed by atoms with Crippen molar-refractivity contribution in [3.8, 4) is 0 Å². The van der Waals surface area contributed by atoms with E-state index in [4.69, 9.17) is 0 Å². The highest BCUT2D eigenvalue weighted by atomic mass is 32.2. The molecule has 0 atom stereocenters. The maximum absolute atomic E-state index is 12.2. The van der Waals surface area contributed by atoms with E-state index < -0.39 is 15.9 Å². The molecule has 0 spiro atoms. The zero-order valence-corrected chi connectivity index (χ0v) is 17.2. The Kier molecular flexibility index (Phi) is 7.44. The molecule has 0 saturated carbocycles. The first-order valence-electron chi connectivity index (χ1n) is 8.36. The lowest BCUT2D eigenvalue weighted by Crippen LogP contribution is -2.39. The smallest absolute Gasteiger partial charge is 0.260 e. The molecule has 0 aliphatic rings. The van der Waals surface area contributed by atoms with Gasteiger partial charge in [0.25, 0.3) is 5.91 Å². The minimum Gasteiger partial charge on any atom is -0.271 e. The van der Waals surface area contributed by atoms with E-state index in [1.165, 1.54) is 6.21 Å². The molecule has 0 unspecified atom stereocenters. The van der Waals surface area contributed by atoms with Gasteiger partial charge in [-0.2, -0.15) is 5.10 Å². The third kappa shape index (κ3) is 6.11. The number of rotatable bonds is 8. The molecule has 0 heterocycles. The van der Waals surface area contributed by atoms with Crippen molar-refractivity contribution in [1.29, 1.82) is 0 Å². The Bertz CT molecular complexity index is 910. The van der Waals surface area contributed by atoms with E-state index in [0.29, 0.717) is 12.1 Å². The second-order valence-electron chi connectivity index (χ2n) is 5.82. The maximum Gasteiger partial charge on any atom is 0.260 e. The van der Waals surface area contributed by atoms with Crippen molar-refractivity contribution in [3.05, 3.63) is 59.7 Å². The Morgan fingerprint density at radius 2 is 1.85 bits per heavy atom. The predicted molar refractivity (Wildman–Crippen MR) is 112 cm³/mol. The molecule has 144 valence electrons. The van der Waals surface area contributed by atoms with Crippen LogP contribution < -0.4 is 9.73 Å². The molecule has 0 aliphatic carbocycles. The number of hydrazone groups is 1. The second-order valence-corrected chi connectivity index (χ2v) is 8.60. The number of sulfonamides is 1. The number of nitrogens with zero attached hydrogens (tertiary/aromatic N) is 2. The van der Waals surface area contributed by atoms with Gasteiger partial charge in [-0.25, -0.2) is 13.8 Å². The van der Waals surface area contributed by atoms with Gasteiger partial charge in [-0.1, -0.05) is 37.3 Å². The van der Waals surface area contributed by atoms with Gasteiger partial charge in [0, 0.05) is 4.90 Å². The average molecular weight is 406 g/mol. The lowest BCUT2D eigenvalue weighted by atomic mass is 10.1. The number of anilines is 1. The molecule has 1 amide bonds. The summed E-state index contributed by atoms with van der Waals surface area (Å²) in [4.78, 5) is 13.4. The number of thioether (sulfide) groups is 1. The largest absolute Gasteiger partial charge is 0.271 e. The fourth-order valence-electron chi connectivity index (χ4n) is 2.47. The van der Waals surface area contributed by atoms with Crippen LogP contribution in [0.25, 0.3) is 0 Å². The lowest BCUT2D eigenvalue weighted by Gasteiger charge is -2.23. The van der Waals surface area contributed by atoms with Crippen LogP contribution in [0.1, 0.15) is 18.1 Å². The SMILES string of the molecule is CCc1ccccc1N(CC(=O)N/N=C\c1ccc(SC)cc1)S(C)(=O)=O. The predicted octanol–water partition coefficient (Wildman–Crippen LogP) is 2.89. The first kappa shape index (κ1) is 21.0. The summed E-state index contributed by atoms with van der Waals surface area (Å²) in [5.41, 5.74) is 4.59. The number of hydrogen-bond donors (Lipinski definition) is 1. The van der Waals surface area contributed by atoms with Gasteiger partial charge in [0.2, 0.25) is 10.0 Å². The Morgan fingerprint density at radius 1 is 1.19 bits per heavy atom. The van der Waals surface area contributed by atoms with E-state index in [-0.39, 0.29) is 6.54 Å². The summed E-state index contributed by atoms with van der Waals surface area (Å²) in [7, 11) is -3.61. The highest BCUT2D eigenvalue weighted by Crippen LogP contribution is 2.23. The Hall–Kier alpha value is -2.32. The first-order chi connectivity index (χ1) is 12.8. The molecule has 0 aliphatic heterocycles. The summed E-state index contributed by atoms with van der Waals surface area (Å²) in [6.45, 7) is 1.60. The topological polar surface area (TPSA) is 78.8 Å². The summed E-state index contributed by atoms with van der Waals surface area (Å²) in [5, 5.41) is 3.92. The van der Waals surface area contributed by atoms with Gasteiger partial charge >= 0.3 is 0 Å². The number of hydrogen-bond acceptors (Lipinski definition) is 5. The number of nitrogens with one attached hydrogen (secondary N) is 1. The number of amides is 1. The van der Waals surface area contributed by atoms with Crippen molar-refractivity contribution < 1.29 is 13.2 Å². The third-order valence-corrected chi connectivity index (χ3v) is 5.72. The number of benzene rings is 2. The Morgan fingerprint density at radius 3 is 2.44 bits per heavy atom. The zero-order chi connectivity index (χ0) is 19.9. The number of carbonyl (C=O) groups is 1. The molecule has 0 aromatic heterocycles. The number of carbonyl (C=O) groups excluding carboxylic acids is 1. The highest BCUT2D eigenvalue weighted by molar-refractivity contribution is 7.98. The minimum atomic E-state index is -3.61. The highest BCUT2D eigenvalue weighted by Gasteiger charge is 2.22. The third-order valence-electron chi connectivity index (χ3n) is 3.85. The normalized spacial score (nSPS) is 11.5. The van der Waals surface area contributed by atoms with E-state index in [0.717, 1.165) is 26.6 Å². The molecular weight excluding hydrogens is 382 g/mol. The molecule has 0 fully saturated rings. The van der Waals surface area contributed by atoms with E-state index in [2.05, 4.69) is 10.5 Å². The van der Waals surface area contributed by atoms with Crippen LogP contribution in [0.15, 0.2) is 58.5 Å². The number of aryl methyl sites for hydroxylation is 1. The first-order valence-corrected chi connectivity index (χ1v) is 11.4. The molecule has 0 radical (unpaired) electrons. The molecule has 2 rings (SSSR count). The van der Waals surface area contributed by atoms with E-state index in [1.54, 1.807) is 23.9 Å². The number of para-hydroxylation sites is 1. The minimum absolute atomic E-state index is 0.335. The fraction of sp³-hybridized carbons (Fsp3) is 0.263. The summed E-state index contributed by atoms with van der Waals surface area (Å²) in [6.07, 6.45) is 5.26. The van der Waals surface area contributed by atoms with Gasteiger partial charge in [-0.15, -0.1) is 11.8 Å². The van der Waals surface area contributed by atoms with Crippen molar-refractivity contribution >= 4 is 39.6 Å². The van der Waals surface area contributed by atoms with Crippen LogP contribution in [-0.2, 0) is 21.2 Å². The molecular formula is C19H23N3O3S2. The average Bonchev–Trinajstić information content (AvgIpc) is 2.66. The molecule has 8 heteroatoms. The molecule has 2 aromatic carbocycles. The summed E-state index contributed by atoms with van der Waals surface area (Å²) in [6, 6.07) is 14.8. The second kappa shape index (κ2) is 9.57. The van der Waals surface area contributed by atoms with Gasteiger partial charge in [-0.3, -0.25) is 9.10 Å². The summed E-state index contributed by atoms with van der Waals surface area (Å²) >= 11 is 1.64. The van der Waals surface area contributed by atoms with Crippen LogP contribution in [0.4, 0.5) is 5.69 Å². The van der Waals surface area contributed by atoms with Gasteiger partial charge in [0.1, 0.15) is 6.54 Å². The van der Waals surface area contributed by atoms with Crippen LogP contribution in [0.2, 0.25) is 0 Å². The van der Waals surface area contributed by atoms with Crippen LogP contribution >= 0.6 is 11.8 Å². The van der Waals surface area contributed by atoms with Crippen molar-refractivity contribution in [3.63, 3.8) is 0 Å². The standard InChI is InChI=1S/C19H23N3O3S2/c1-4-16-7-5-6-8-18(16)22(27(3,24)25)14-19(23)21-20-13-15-9-11-17(26-2)12-10-15/h5-13H,4,14H2,1-3H3,(H,21,23)/b20-13-. The van der Waals surface area contributed by atoms with Gasteiger partial charge < -0.3 is 0 Å².